The van der Waals surface area contributed by atoms with Crippen molar-refractivity contribution in [2.75, 3.05) is 39.8 Å². The summed E-state index contributed by atoms with van der Waals surface area (Å²) in [4.78, 5) is 13.0. The van der Waals surface area contributed by atoms with Crippen LogP contribution >= 0.6 is 0 Å². The van der Waals surface area contributed by atoms with E-state index in [0.29, 0.717) is 19.4 Å². The van der Waals surface area contributed by atoms with Crippen molar-refractivity contribution in [3.8, 4) is 0 Å². The molecule has 13 nitrogen and oxygen atoms in total. The lowest BCUT2D eigenvalue weighted by Crippen LogP contribution is -2.71. The fraction of sp³-hybridized carbons (Fsp3) is 0.893. The van der Waals surface area contributed by atoms with Crippen molar-refractivity contribution in [1.29, 1.82) is 0 Å². The first kappa shape index (κ1) is 32.5. The van der Waals surface area contributed by atoms with Crippen LogP contribution in [0.5, 0.6) is 0 Å². The van der Waals surface area contributed by atoms with Crippen LogP contribution in [-0.4, -0.2) is 126 Å². The zero-order valence-corrected chi connectivity index (χ0v) is 24.7. The predicted molar refractivity (Wildman–Crippen MR) is 150 cm³/mol. The number of aliphatic hydroxyl groups excluding tert-OH is 2. The number of unbranched alkanes of at least 4 members (excludes halogenated alkanes) is 1. The van der Waals surface area contributed by atoms with Crippen LogP contribution in [0, 0.1) is 11.8 Å². The number of nitrogens with two attached hydrogens (primary N) is 1. The lowest BCUT2D eigenvalue weighted by molar-refractivity contribution is -0.299. The van der Waals surface area contributed by atoms with E-state index in [1.54, 1.807) is 14.0 Å². The third kappa shape index (κ3) is 7.06. The molecule has 11 atom stereocenters. The molecule has 0 radical (unpaired) electrons. The molecule has 3 fully saturated rings. The van der Waals surface area contributed by atoms with Gasteiger partial charge in [-0.05, 0) is 51.8 Å². The number of hydrogen-bond acceptors (Lipinski definition) is 12. The molecule has 41 heavy (non-hydrogen) atoms. The van der Waals surface area contributed by atoms with E-state index in [4.69, 9.17) is 19.9 Å². The fourth-order valence-electron chi connectivity index (χ4n) is 6.57. The molecule has 0 aromatic carbocycles. The molecule has 1 saturated carbocycles. The second-order valence-corrected chi connectivity index (χ2v) is 12.6. The normalized spacial score (nSPS) is 42.5. The molecule has 10 N–H and O–H groups in total. The molecular formula is C28H51N5O8. The Morgan fingerprint density at radius 2 is 2.00 bits per heavy atom. The Balaban J connectivity index is 1.54. The number of β-amino-alcohol motifs (C(OH)–C–C–N with tert-alkyl or cyclic N) is 1. The number of carbonyl (C=O) groups excluding carboxylic acids is 1. The van der Waals surface area contributed by atoms with E-state index in [0.717, 1.165) is 25.1 Å². The minimum absolute atomic E-state index is 0.110. The Hall–Kier alpha value is -1.39. The van der Waals surface area contributed by atoms with Crippen LogP contribution in [0.25, 0.3) is 0 Å². The zero-order chi connectivity index (χ0) is 29.9. The number of aliphatic hydroxyl groups is 4. The van der Waals surface area contributed by atoms with Gasteiger partial charge in [-0.15, -0.1) is 0 Å². The summed E-state index contributed by atoms with van der Waals surface area (Å²) in [6.07, 6.45) is 0.0430. The van der Waals surface area contributed by atoms with Gasteiger partial charge in [0.1, 0.15) is 29.7 Å². The van der Waals surface area contributed by atoms with Crippen LogP contribution < -0.4 is 27.0 Å². The largest absolute Gasteiger partial charge is 0.492 e. The molecule has 1 aliphatic carbocycles. The quantitative estimate of drug-likeness (QED) is 0.117. The molecule has 0 aromatic rings. The van der Waals surface area contributed by atoms with Crippen molar-refractivity contribution >= 4 is 5.91 Å². The van der Waals surface area contributed by atoms with E-state index in [1.807, 2.05) is 13.0 Å². The molecule has 236 valence electrons. The van der Waals surface area contributed by atoms with E-state index in [-0.39, 0.29) is 31.7 Å². The van der Waals surface area contributed by atoms with Crippen LogP contribution in [-0.2, 0) is 19.0 Å². The molecule has 3 aliphatic heterocycles. The van der Waals surface area contributed by atoms with Gasteiger partial charge in [-0.3, -0.25) is 4.79 Å². The van der Waals surface area contributed by atoms with Gasteiger partial charge in [-0.25, -0.2) is 0 Å². The number of ether oxygens (including phenoxy) is 3. The molecule has 1 unspecified atom stereocenters. The van der Waals surface area contributed by atoms with E-state index < -0.39 is 65.8 Å². The number of rotatable bonds is 11. The van der Waals surface area contributed by atoms with Gasteiger partial charge in [0.25, 0.3) is 5.91 Å². The first-order chi connectivity index (χ1) is 19.4. The lowest BCUT2D eigenvalue weighted by atomic mass is 9.69. The summed E-state index contributed by atoms with van der Waals surface area (Å²) in [5, 5.41) is 56.3. The minimum atomic E-state index is -1.54. The van der Waals surface area contributed by atoms with Crippen LogP contribution in [0.3, 0.4) is 0 Å². The predicted octanol–water partition coefficient (Wildman–Crippen LogP) is -2.35. The topological polar surface area (TPSA) is 200 Å². The summed E-state index contributed by atoms with van der Waals surface area (Å²) in [7, 11) is 1.62. The van der Waals surface area contributed by atoms with Gasteiger partial charge in [0, 0.05) is 25.0 Å². The monoisotopic (exact) mass is 585 g/mol. The Morgan fingerprint density at radius 3 is 2.63 bits per heavy atom. The Kier molecular flexibility index (Phi) is 10.7. The molecule has 1 amide bonds. The number of hydrogen-bond donors (Lipinski definition) is 9. The van der Waals surface area contributed by atoms with Crippen molar-refractivity contribution in [1.82, 2.24) is 21.3 Å². The highest BCUT2D eigenvalue weighted by Crippen LogP contribution is 2.40. The highest BCUT2D eigenvalue weighted by Gasteiger charge is 2.54. The van der Waals surface area contributed by atoms with E-state index in [9.17, 15) is 25.2 Å². The van der Waals surface area contributed by atoms with Gasteiger partial charge in [-0.2, -0.15) is 0 Å². The van der Waals surface area contributed by atoms with Gasteiger partial charge in [-0.1, -0.05) is 20.3 Å². The van der Waals surface area contributed by atoms with E-state index in [1.165, 1.54) is 0 Å². The molecule has 4 rings (SSSR count). The summed E-state index contributed by atoms with van der Waals surface area (Å²) in [6, 6.07) is -1.80. The smallest absolute Gasteiger partial charge is 0.254 e. The molecule has 4 aliphatic rings. The van der Waals surface area contributed by atoms with Crippen LogP contribution in [0.4, 0.5) is 0 Å². The number of carbonyl (C=O) groups is 1. The summed E-state index contributed by atoms with van der Waals surface area (Å²) in [5.41, 5.74) is 3.65. The standard InChI is InChI=1S/C28H51N5O8/c1-5-6-9-31-11-16-7-8-17(29)22(40-16)19-15(2)10-18(33-26(36)28(38)12-32-13-28)23(20(19)34)41-25-21(35)24(30-4)27(3,37)14-39-25/h7,15,17-25,30-32,34-35,37-38H,5-6,8-14,29H2,1-4H3,(H,33,36)/t15-,17+,18+,19?,20-,21+,22-,23-,24+,25+,27-/m0/s1. The summed E-state index contributed by atoms with van der Waals surface area (Å²) >= 11 is 0. The summed E-state index contributed by atoms with van der Waals surface area (Å²) < 4.78 is 18.4. The average molecular weight is 586 g/mol. The highest BCUT2D eigenvalue weighted by atomic mass is 16.7. The lowest BCUT2D eigenvalue weighted by Gasteiger charge is -2.51. The number of nitrogens with one attached hydrogen (secondary N) is 4. The van der Waals surface area contributed by atoms with Crippen molar-refractivity contribution in [3.63, 3.8) is 0 Å². The second kappa shape index (κ2) is 13.5. The van der Waals surface area contributed by atoms with Crippen LogP contribution in [0.1, 0.15) is 46.5 Å². The molecule has 0 bridgehead atoms. The van der Waals surface area contributed by atoms with Gasteiger partial charge in [0.15, 0.2) is 11.9 Å². The van der Waals surface area contributed by atoms with Crippen molar-refractivity contribution in [2.24, 2.45) is 17.6 Å². The summed E-state index contributed by atoms with van der Waals surface area (Å²) in [5.74, 6) is -0.344. The molecule has 3 heterocycles. The number of amides is 1. The fourth-order valence-corrected chi connectivity index (χ4v) is 6.57. The molecule has 13 heteroatoms. The third-order valence-corrected chi connectivity index (χ3v) is 9.13. The van der Waals surface area contributed by atoms with Gasteiger partial charge in [0.2, 0.25) is 0 Å². The van der Waals surface area contributed by atoms with Crippen molar-refractivity contribution in [2.45, 2.75) is 106 Å². The maximum absolute atomic E-state index is 13.0. The minimum Gasteiger partial charge on any atom is -0.492 e. The SMILES string of the molecule is CCCCNCC1=CC[C@@H](N)[C@@H](C2[C@@H](C)C[C@@H](NC(=O)C3(O)CNC3)[C@H](O[C@H]3OC[C@](C)(O)[C@H](NC)[C@H]3O)[C@H]2O)O1. The summed E-state index contributed by atoms with van der Waals surface area (Å²) in [6.45, 7) is 7.27. The first-order valence-corrected chi connectivity index (χ1v) is 15.0. The molecule has 0 aromatic heterocycles. The second-order valence-electron chi connectivity index (χ2n) is 12.6. The molecular weight excluding hydrogens is 534 g/mol. The Labute approximate surface area is 242 Å². The van der Waals surface area contributed by atoms with Gasteiger partial charge >= 0.3 is 0 Å². The maximum Gasteiger partial charge on any atom is 0.254 e. The van der Waals surface area contributed by atoms with E-state index >= 15 is 0 Å². The first-order valence-electron chi connectivity index (χ1n) is 15.0. The highest BCUT2D eigenvalue weighted by molar-refractivity contribution is 5.87. The average Bonchev–Trinajstić information content (AvgIpc) is 2.90. The molecule has 2 saturated heterocycles. The molecule has 0 spiro atoms. The van der Waals surface area contributed by atoms with E-state index in [2.05, 4.69) is 28.2 Å². The van der Waals surface area contributed by atoms with Crippen LogP contribution in [0.2, 0.25) is 0 Å². The Bertz CT molecular complexity index is 918. The maximum atomic E-state index is 13.0. The van der Waals surface area contributed by atoms with Gasteiger partial charge < -0.3 is 61.6 Å². The van der Waals surface area contributed by atoms with Gasteiger partial charge in [0.05, 0.1) is 31.3 Å². The zero-order valence-electron chi connectivity index (χ0n) is 24.7. The number of likely N-dealkylation sites (N-methyl/N-ethyl adjacent to an activating group) is 1. The third-order valence-electron chi connectivity index (χ3n) is 9.13. The Morgan fingerprint density at radius 1 is 1.27 bits per heavy atom. The van der Waals surface area contributed by atoms with Crippen LogP contribution in [0.15, 0.2) is 11.8 Å². The van der Waals surface area contributed by atoms with Crippen molar-refractivity contribution in [3.05, 3.63) is 11.8 Å². The van der Waals surface area contributed by atoms with Crippen molar-refractivity contribution < 1.29 is 39.4 Å².